The summed E-state index contributed by atoms with van der Waals surface area (Å²) >= 11 is 0. The van der Waals surface area contributed by atoms with Gasteiger partial charge < -0.3 is 19.3 Å². The van der Waals surface area contributed by atoms with E-state index in [1.54, 1.807) is 13.3 Å². The molecule has 0 aromatic carbocycles. The van der Waals surface area contributed by atoms with Gasteiger partial charge in [0.15, 0.2) is 0 Å². The molecule has 1 atom stereocenters. The van der Waals surface area contributed by atoms with Gasteiger partial charge in [-0.2, -0.15) is 0 Å². The third-order valence-corrected chi connectivity index (χ3v) is 4.88. The number of nitrogens with zero attached hydrogens (tertiary/aromatic N) is 5. The van der Waals surface area contributed by atoms with Crippen molar-refractivity contribution in [2.75, 3.05) is 25.0 Å². The lowest BCUT2D eigenvalue weighted by Crippen LogP contribution is -2.49. The fourth-order valence-electron chi connectivity index (χ4n) is 3.44. The summed E-state index contributed by atoms with van der Waals surface area (Å²) in [5.74, 6) is 1.42. The fraction of sp³-hybridized carbons (Fsp3) is 0.412. The number of hydrogen-bond acceptors (Lipinski definition) is 6. The molecule has 3 aromatic rings. The Morgan fingerprint density at radius 2 is 2.32 bits per heavy atom. The van der Waals surface area contributed by atoms with E-state index in [1.165, 1.54) is 6.20 Å². The SMILES string of the molecule is Cc1oncc1C(=O)N1CCCC(N(C)c2ncnc3[nH]ccc23)C1. The van der Waals surface area contributed by atoms with Gasteiger partial charge in [0.25, 0.3) is 5.91 Å². The molecule has 0 spiro atoms. The van der Waals surface area contributed by atoms with E-state index < -0.39 is 0 Å². The summed E-state index contributed by atoms with van der Waals surface area (Å²) in [6.45, 7) is 3.16. The maximum Gasteiger partial charge on any atom is 0.259 e. The molecule has 130 valence electrons. The number of amides is 1. The van der Waals surface area contributed by atoms with Crippen molar-refractivity contribution in [3.8, 4) is 0 Å². The van der Waals surface area contributed by atoms with E-state index in [9.17, 15) is 4.79 Å². The molecular weight excluding hydrogens is 320 g/mol. The summed E-state index contributed by atoms with van der Waals surface area (Å²) in [4.78, 5) is 28.6. The van der Waals surface area contributed by atoms with Gasteiger partial charge in [-0.15, -0.1) is 0 Å². The second kappa shape index (κ2) is 6.19. The maximum atomic E-state index is 12.7. The summed E-state index contributed by atoms with van der Waals surface area (Å²) < 4.78 is 5.03. The average Bonchev–Trinajstić information content (AvgIpc) is 3.29. The van der Waals surface area contributed by atoms with Crippen LogP contribution >= 0.6 is 0 Å². The zero-order valence-electron chi connectivity index (χ0n) is 14.3. The number of carbonyl (C=O) groups is 1. The zero-order chi connectivity index (χ0) is 17.4. The van der Waals surface area contributed by atoms with Crippen LogP contribution in [0.25, 0.3) is 11.0 Å². The maximum absolute atomic E-state index is 12.7. The summed E-state index contributed by atoms with van der Waals surface area (Å²) in [5, 5.41) is 4.70. The quantitative estimate of drug-likeness (QED) is 0.784. The van der Waals surface area contributed by atoms with E-state index in [4.69, 9.17) is 4.52 Å². The Balaban J connectivity index is 1.56. The number of aromatic nitrogens is 4. The highest BCUT2D eigenvalue weighted by molar-refractivity contribution is 5.95. The second-order valence-electron chi connectivity index (χ2n) is 6.39. The lowest BCUT2D eigenvalue weighted by atomic mass is 10.0. The van der Waals surface area contributed by atoms with Gasteiger partial charge in [-0.05, 0) is 25.8 Å². The lowest BCUT2D eigenvalue weighted by molar-refractivity contribution is 0.0705. The minimum absolute atomic E-state index is 0.0219. The molecule has 1 aliphatic rings. The highest BCUT2D eigenvalue weighted by atomic mass is 16.5. The Morgan fingerprint density at radius 1 is 1.44 bits per heavy atom. The number of H-pyrrole nitrogens is 1. The molecule has 0 saturated carbocycles. The smallest absolute Gasteiger partial charge is 0.259 e. The first-order valence-electron chi connectivity index (χ1n) is 8.36. The van der Waals surface area contributed by atoms with Gasteiger partial charge in [0.05, 0.1) is 11.6 Å². The second-order valence-corrected chi connectivity index (χ2v) is 6.39. The van der Waals surface area contributed by atoms with E-state index in [1.807, 2.05) is 24.2 Å². The van der Waals surface area contributed by atoms with Gasteiger partial charge in [-0.1, -0.05) is 5.16 Å². The van der Waals surface area contributed by atoms with Crippen molar-refractivity contribution in [3.05, 3.63) is 36.1 Å². The van der Waals surface area contributed by atoms with E-state index in [2.05, 4.69) is 25.0 Å². The number of likely N-dealkylation sites (tertiary alicyclic amines) is 1. The largest absolute Gasteiger partial charge is 0.361 e. The lowest BCUT2D eigenvalue weighted by Gasteiger charge is -2.38. The van der Waals surface area contributed by atoms with Gasteiger partial charge >= 0.3 is 0 Å². The molecule has 25 heavy (non-hydrogen) atoms. The van der Waals surface area contributed by atoms with Crippen LogP contribution < -0.4 is 4.90 Å². The highest BCUT2D eigenvalue weighted by Gasteiger charge is 2.29. The van der Waals surface area contributed by atoms with Crippen molar-refractivity contribution >= 4 is 22.8 Å². The predicted octanol–water partition coefficient (Wildman–Crippen LogP) is 2.00. The number of carbonyl (C=O) groups excluding carboxylic acids is 1. The summed E-state index contributed by atoms with van der Waals surface area (Å²) in [5.41, 5.74) is 1.36. The van der Waals surface area contributed by atoms with Gasteiger partial charge in [-0.3, -0.25) is 4.79 Å². The Morgan fingerprint density at radius 3 is 3.12 bits per heavy atom. The van der Waals surface area contributed by atoms with Crippen LogP contribution in [-0.2, 0) is 0 Å². The Hall–Kier alpha value is -2.90. The van der Waals surface area contributed by atoms with E-state index in [-0.39, 0.29) is 11.9 Å². The van der Waals surface area contributed by atoms with E-state index in [0.29, 0.717) is 17.9 Å². The molecule has 8 nitrogen and oxygen atoms in total. The Kier molecular flexibility index (Phi) is 3.87. The highest BCUT2D eigenvalue weighted by Crippen LogP contribution is 2.26. The van der Waals surface area contributed by atoms with Crippen LogP contribution in [0.15, 0.2) is 29.3 Å². The number of hydrogen-bond donors (Lipinski definition) is 1. The number of anilines is 1. The summed E-state index contributed by atoms with van der Waals surface area (Å²) in [7, 11) is 2.03. The molecule has 4 rings (SSSR count). The topological polar surface area (TPSA) is 91.2 Å². The van der Waals surface area contributed by atoms with Crippen LogP contribution in [-0.4, -0.2) is 57.1 Å². The molecule has 8 heteroatoms. The summed E-state index contributed by atoms with van der Waals surface area (Å²) in [6, 6.07) is 2.18. The predicted molar refractivity (Wildman–Crippen MR) is 92.5 cm³/mol. The molecule has 1 amide bonds. The van der Waals surface area contributed by atoms with Crippen molar-refractivity contribution in [1.29, 1.82) is 0 Å². The average molecular weight is 340 g/mol. The van der Waals surface area contributed by atoms with E-state index >= 15 is 0 Å². The van der Waals surface area contributed by atoms with Crippen LogP contribution in [0.4, 0.5) is 5.82 Å². The Labute approximate surface area is 144 Å². The fourth-order valence-corrected chi connectivity index (χ4v) is 3.44. The number of likely N-dealkylation sites (N-methyl/N-ethyl adjacent to an activating group) is 1. The van der Waals surface area contributed by atoms with Crippen LogP contribution in [0.5, 0.6) is 0 Å². The first-order chi connectivity index (χ1) is 12.1. The van der Waals surface area contributed by atoms with E-state index in [0.717, 1.165) is 36.2 Å². The molecule has 1 saturated heterocycles. The molecule has 1 fully saturated rings. The monoisotopic (exact) mass is 340 g/mol. The number of aromatic amines is 1. The number of piperidine rings is 1. The molecule has 0 radical (unpaired) electrons. The molecule has 0 aliphatic carbocycles. The molecule has 4 heterocycles. The van der Waals surface area contributed by atoms with Gasteiger partial charge in [0.1, 0.15) is 29.1 Å². The minimum atomic E-state index is -0.0219. The number of aryl methyl sites for hydroxylation is 1. The zero-order valence-corrected chi connectivity index (χ0v) is 14.3. The van der Waals surface area contributed by atoms with Crippen molar-refractivity contribution < 1.29 is 9.32 Å². The Bertz CT molecular complexity index is 901. The molecular formula is C17H20N6O2. The van der Waals surface area contributed by atoms with Gasteiger partial charge in [0, 0.05) is 32.4 Å². The third kappa shape index (κ3) is 2.73. The standard InChI is InChI=1S/C17H20N6O2/c1-11-14(8-21-25-11)17(24)23-7-3-4-12(9-23)22(2)16-13-5-6-18-15(13)19-10-20-16/h5-6,8,10,12H,3-4,7,9H2,1-2H3,(H,18,19,20). The van der Waals surface area contributed by atoms with Gasteiger partial charge in [-0.25, -0.2) is 9.97 Å². The van der Waals surface area contributed by atoms with Gasteiger partial charge in [0.2, 0.25) is 0 Å². The third-order valence-electron chi connectivity index (χ3n) is 4.88. The van der Waals surface area contributed by atoms with Crippen molar-refractivity contribution in [2.24, 2.45) is 0 Å². The van der Waals surface area contributed by atoms with Crippen LogP contribution in [0.1, 0.15) is 29.0 Å². The minimum Gasteiger partial charge on any atom is -0.361 e. The van der Waals surface area contributed by atoms with Crippen LogP contribution in [0.2, 0.25) is 0 Å². The number of fused-ring (bicyclic) bond motifs is 1. The summed E-state index contributed by atoms with van der Waals surface area (Å²) in [6.07, 6.45) is 6.89. The molecule has 1 N–H and O–H groups in total. The van der Waals surface area contributed by atoms with Crippen molar-refractivity contribution in [2.45, 2.75) is 25.8 Å². The van der Waals surface area contributed by atoms with Crippen LogP contribution in [0, 0.1) is 6.92 Å². The molecule has 0 bridgehead atoms. The molecule has 1 aliphatic heterocycles. The van der Waals surface area contributed by atoms with Crippen molar-refractivity contribution in [1.82, 2.24) is 25.0 Å². The first kappa shape index (κ1) is 15.6. The number of nitrogens with one attached hydrogen (secondary N) is 1. The molecule has 3 aromatic heterocycles. The molecule has 1 unspecified atom stereocenters. The van der Waals surface area contributed by atoms with Crippen LogP contribution in [0.3, 0.4) is 0 Å². The normalized spacial score (nSPS) is 17.8. The first-order valence-corrected chi connectivity index (χ1v) is 8.36. The van der Waals surface area contributed by atoms with Crippen molar-refractivity contribution in [3.63, 3.8) is 0 Å². The number of rotatable bonds is 3.